The molecule has 0 atom stereocenters. The van der Waals surface area contributed by atoms with Crippen LogP contribution in [0.5, 0.6) is 11.5 Å². The number of halogens is 1. The zero-order valence-electron chi connectivity index (χ0n) is 16.4. The summed E-state index contributed by atoms with van der Waals surface area (Å²) in [6.07, 6.45) is 0. The van der Waals surface area contributed by atoms with Crippen molar-refractivity contribution < 1.29 is 14.3 Å². The number of hydrogen-bond donors (Lipinski definition) is 2. The van der Waals surface area contributed by atoms with Gasteiger partial charge in [-0.3, -0.25) is 4.79 Å². The second kappa shape index (κ2) is 8.90. The first-order valence-electron chi connectivity index (χ1n) is 8.55. The molecular formula is C19H31BrN2O3. The van der Waals surface area contributed by atoms with Crippen molar-refractivity contribution in [1.29, 1.82) is 0 Å². The molecule has 142 valence electrons. The molecule has 2 N–H and O–H groups in total. The lowest BCUT2D eigenvalue weighted by molar-refractivity contribution is -0.124. The van der Waals surface area contributed by atoms with E-state index < -0.39 is 0 Å². The maximum absolute atomic E-state index is 12.0. The smallest absolute Gasteiger partial charge is 0.258 e. The zero-order chi connectivity index (χ0) is 19.3. The van der Waals surface area contributed by atoms with Crippen molar-refractivity contribution in [1.82, 2.24) is 10.6 Å². The first-order valence-corrected chi connectivity index (χ1v) is 9.34. The van der Waals surface area contributed by atoms with Crippen molar-refractivity contribution in [2.45, 2.75) is 66.1 Å². The highest BCUT2D eigenvalue weighted by atomic mass is 79.9. The van der Waals surface area contributed by atoms with E-state index in [2.05, 4.69) is 47.3 Å². The fourth-order valence-electron chi connectivity index (χ4n) is 2.09. The van der Waals surface area contributed by atoms with E-state index in [0.717, 1.165) is 10.0 Å². The second-order valence-corrected chi connectivity index (χ2v) is 8.88. The minimum absolute atomic E-state index is 0.0263. The molecule has 0 bridgehead atoms. The molecule has 0 aromatic heterocycles. The fraction of sp³-hybridized carbons (Fsp3) is 0.632. The molecule has 6 heteroatoms. The SMILES string of the molecule is CCOc1cc(CNC(C)(C)C)cc(Br)c1OCC(=O)NC(C)(C)C. The molecule has 0 fully saturated rings. The Kier molecular flexibility index (Phi) is 7.75. The van der Waals surface area contributed by atoms with E-state index >= 15 is 0 Å². The van der Waals surface area contributed by atoms with Crippen molar-refractivity contribution in [3.63, 3.8) is 0 Å². The quantitative estimate of drug-likeness (QED) is 0.706. The van der Waals surface area contributed by atoms with Gasteiger partial charge < -0.3 is 20.1 Å². The summed E-state index contributed by atoms with van der Waals surface area (Å²) < 4.78 is 12.2. The topological polar surface area (TPSA) is 59.6 Å². The van der Waals surface area contributed by atoms with Gasteiger partial charge in [0.05, 0.1) is 11.1 Å². The van der Waals surface area contributed by atoms with Crippen molar-refractivity contribution in [3.05, 3.63) is 22.2 Å². The predicted octanol–water partition coefficient (Wildman–Crippen LogP) is 4.03. The summed E-state index contributed by atoms with van der Waals surface area (Å²) in [6.45, 7) is 15.3. The molecule has 1 aromatic carbocycles. The molecular weight excluding hydrogens is 384 g/mol. The largest absolute Gasteiger partial charge is 0.490 e. The lowest BCUT2D eigenvalue weighted by Crippen LogP contribution is -2.43. The van der Waals surface area contributed by atoms with Crippen LogP contribution in [0.2, 0.25) is 0 Å². The number of benzene rings is 1. The molecule has 0 radical (unpaired) electrons. The van der Waals surface area contributed by atoms with Gasteiger partial charge in [0.25, 0.3) is 5.91 Å². The van der Waals surface area contributed by atoms with Crippen molar-refractivity contribution in [3.8, 4) is 11.5 Å². The van der Waals surface area contributed by atoms with Crippen LogP contribution in [0.3, 0.4) is 0 Å². The van der Waals surface area contributed by atoms with E-state index in [0.29, 0.717) is 24.7 Å². The summed E-state index contributed by atoms with van der Waals surface area (Å²) >= 11 is 3.54. The monoisotopic (exact) mass is 414 g/mol. The van der Waals surface area contributed by atoms with Gasteiger partial charge in [0.1, 0.15) is 0 Å². The summed E-state index contributed by atoms with van der Waals surface area (Å²) in [6, 6.07) is 3.93. The van der Waals surface area contributed by atoms with E-state index in [9.17, 15) is 4.79 Å². The molecule has 0 spiro atoms. The average Bonchev–Trinajstić information content (AvgIpc) is 2.42. The lowest BCUT2D eigenvalue weighted by atomic mass is 10.1. The molecule has 0 unspecified atom stereocenters. The van der Waals surface area contributed by atoms with Gasteiger partial charge in [0.15, 0.2) is 18.1 Å². The first kappa shape index (κ1) is 21.8. The van der Waals surface area contributed by atoms with E-state index in [4.69, 9.17) is 9.47 Å². The molecule has 5 nitrogen and oxygen atoms in total. The van der Waals surface area contributed by atoms with E-state index in [1.54, 1.807) is 0 Å². The Morgan fingerprint density at radius 1 is 1.08 bits per heavy atom. The number of rotatable bonds is 7. The van der Waals surface area contributed by atoms with Crippen LogP contribution in [0, 0.1) is 0 Å². The summed E-state index contributed by atoms with van der Waals surface area (Å²) in [5.74, 6) is 1.01. The second-order valence-electron chi connectivity index (χ2n) is 8.03. The summed E-state index contributed by atoms with van der Waals surface area (Å²) in [4.78, 5) is 12.0. The molecule has 0 aliphatic rings. The Hall–Kier alpha value is -1.27. The molecule has 0 heterocycles. The maximum atomic E-state index is 12.0. The molecule has 0 aliphatic heterocycles. The average molecular weight is 415 g/mol. The molecule has 0 saturated carbocycles. The minimum atomic E-state index is -0.289. The van der Waals surface area contributed by atoms with E-state index in [1.807, 2.05) is 39.8 Å². The van der Waals surface area contributed by atoms with Crippen molar-refractivity contribution in [2.75, 3.05) is 13.2 Å². The van der Waals surface area contributed by atoms with Crippen LogP contribution < -0.4 is 20.1 Å². The molecule has 1 amide bonds. The highest BCUT2D eigenvalue weighted by Gasteiger charge is 2.18. The number of amides is 1. The minimum Gasteiger partial charge on any atom is -0.490 e. The predicted molar refractivity (Wildman–Crippen MR) is 105 cm³/mol. The number of carbonyl (C=O) groups excluding carboxylic acids is 1. The van der Waals surface area contributed by atoms with Gasteiger partial charge >= 0.3 is 0 Å². The lowest BCUT2D eigenvalue weighted by Gasteiger charge is -2.22. The van der Waals surface area contributed by atoms with Gasteiger partial charge in [-0.05, 0) is 82.1 Å². The Balaban J connectivity index is 2.89. The third kappa shape index (κ3) is 8.59. The normalized spacial score (nSPS) is 12.0. The summed E-state index contributed by atoms with van der Waals surface area (Å²) in [7, 11) is 0. The van der Waals surface area contributed by atoms with Crippen LogP contribution >= 0.6 is 15.9 Å². The number of hydrogen-bond acceptors (Lipinski definition) is 4. The van der Waals surface area contributed by atoms with Crippen LogP contribution in [0.15, 0.2) is 16.6 Å². The van der Waals surface area contributed by atoms with E-state index in [1.165, 1.54) is 0 Å². The van der Waals surface area contributed by atoms with Gasteiger partial charge in [-0.25, -0.2) is 0 Å². The van der Waals surface area contributed by atoms with Crippen LogP contribution in [0.25, 0.3) is 0 Å². The van der Waals surface area contributed by atoms with Crippen LogP contribution in [0.4, 0.5) is 0 Å². The summed E-state index contributed by atoms with van der Waals surface area (Å²) in [5, 5.41) is 6.33. The van der Waals surface area contributed by atoms with Crippen LogP contribution in [-0.4, -0.2) is 30.2 Å². The first-order chi connectivity index (χ1) is 11.4. The van der Waals surface area contributed by atoms with Gasteiger partial charge in [0, 0.05) is 17.6 Å². The maximum Gasteiger partial charge on any atom is 0.258 e. The van der Waals surface area contributed by atoms with Crippen molar-refractivity contribution in [2.24, 2.45) is 0 Å². The highest BCUT2D eigenvalue weighted by Crippen LogP contribution is 2.37. The van der Waals surface area contributed by atoms with Gasteiger partial charge in [-0.15, -0.1) is 0 Å². The molecule has 0 aliphatic carbocycles. The van der Waals surface area contributed by atoms with E-state index in [-0.39, 0.29) is 23.6 Å². The third-order valence-electron chi connectivity index (χ3n) is 3.05. The fourth-order valence-corrected chi connectivity index (χ4v) is 2.69. The molecule has 1 aromatic rings. The Bertz CT molecular complexity index is 590. The molecule has 25 heavy (non-hydrogen) atoms. The molecule has 0 saturated heterocycles. The highest BCUT2D eigenvalue weighted by molar-refractivity contribution is 9.10. The van der Waals surface area contributed by atoms with Gasteiger partial charge in [-0.2, -0.15) is 0 Å². The standard InChI is InChI=1S/C19H31BrN2O3/c1-8-24-15-10-13(11-21-18(2,3)4)9-14(20)17(15)25-12-16(23)22-19(5,6)7/h9-10,21H,8,11-12H2,1-7H3,(H,22,23). The molecule has 1 rings (SSSR count). The number of carbonyl (C=O) groups is 1. The Morgan fingerprint density at radius 3 is 2.24 bits per heavy atom. The van der Waals surface area contributed by atoms with Crippen molar-refractivity contribution >= 4 is 21.8 Å². The van der Waals surface area contributed by atoms with Crippen LogP contribution in [-0.2, 0) is 11.3 Å². The Morgan fingerprint density at radius 2 is 1.72 bits per heavy atom. The number of nitrogens with one attached hydrogen (secondary N) is 2. The van der Waals surface area contributed by atoms with Crippen LogP contribution in [0.1, 0.15) is 54.0 Å². The van der Waals surface area contributed by atoms with Gasteiger partial charge in [-0.1, -0.05) is 0 Å². The number of ether oxygens (including phenoxy) is 2. The zero-order valence-corrected chi connectivity index (χ0v) is 18.0. The third-order valence-corrected chi connectivity index (χ3v) is 3.64. The Labute approximate surface area is 160 Å². The summed E-state index contributed by atoms with van der Waals surface area (Å²) in [5.41, 5.74) is 0.818. The van der Waals surface area contributed by atoms with Gasteiger partial charge in [0.2, 0.25) is 0 Å².